The number of carbonyl (C=O) groups excluding carboxylic acids is 2. The summed E-state index contributed by atoms with van der Waals surface area (Å²) in [6.45, 7) is 5.88. The summed E-state index contributed by atoms with van der Waals surface area (Å²) in [6.07, 6.45) is 1.55. The lowest BCUT2D eigenvalue weighted by atomic mass is 10.1. The molecular formula is C25H35N3O5S. The lowest BCUT2D eigenvalue weighted by Gasteiger charge is -2.30. The number of benzene rings is 2. The molecule has 0 heterocycles. The molecule has 2 rings (SSSR count). The fraction of sp³-hybridized carbons (Fsp3) is 0.440. The van der Waals surface area contributed by atoms with Gasteiger partial charge in [0.15, 0.2) is 0 Å². The molecule has 0 radical (unpaired) electrons. The van der Waals surface area contributed by atoms with Crippen LogP contribution in [0.2, 0.25) is 0 Å². The maximum absolute atomic E-state index is 13.2. The molecule has 0 bridgehead atoms. The summed E-state index contributed by atoms with van der Waals surface area (Å²) >= 11 is 0. The second-order valence-corrected chi connectivity index (χ2v) is 10.4. The van der Waals surface area contributed by atoms with E-state index in [9.17, 15) is 18.0 Å². The SMILES string of the molecule is COc1ccc(N(CCCC(=O)N(Cc2ccccc2)[C@@H](C)C(=O)NC(C)C)S(C)(=O)=O)cc1. The van der Waals surface area contributed by atoms with E-state index in [1.807, 2.05) is 44.2 Å². The minimum Gasteiger partial charge on any atom is -0.497 e. The predicted molar refractivity (Wildman–Crippen MR) is 134 cm³/mol. The number of rotatable bonds is 12. The summed E-state index contributed by atoms with van der Waals surface area (Å²) in [7, 11) is -2.00. The fourth-order valence-corrected chi connectivity index (χ4v) is 4.49. The van der Waals surface area contributed by atoms with Crippen LogP contribution in [0.3, 0.4) is 0 Å². The standard InChI is InChI=1S/C25H35N3O5S/c1-19(2)26-25(30)20(3)27(18-21-10-7-6-8-11-21)24(29)12-9-17-28(34(5,31)32)22-13-15-23(33-4)16-14-22/h6-8,10-11,13-16,19-20H,9,12,17-18H2,1-5H3,(H,26,30)/t20-/m0/s1. The molecule has 2 amide bonds. The Kier molecular flexibility index (Phi) is 9.92. The summed E-state index contributed by atoms with van der Waals surface area (Å²) < 4.78 is 31.2. The van der Waals surface area contributed by atoms with Crippen molar-refractivity contribution >= 4 is 27.5 Å². The molecular weight excluding hydrogens is 454 g/mol. The van der Waals surface area contributed by atoms with Crippen LogP contribution in [0.25, 0.3) is 0 Å². The maximum Gasteiger partial charge on any atom is 0.242 e. The second-order valence-electron chi connectivity index (χ2n) is 8.48. The lowest BCUT2D eigenvalue weighted by molar-refractivity contribution is -0.140. The van der Waals surface area contributed by atoms with Crippen LogP contribution in [-0.2, 0) is 26.2 Å². The van der Waals surface area contributed by atoms with E-state index in [4.69, 9.17) is 4.74 Å². The van der Waals surface area contributed by atoms with Crippen LogP contribution < -0.4 is 14.4 Å². The first-order chi connectivity index (χ1) is 16.0. The molecule has 1 N–H and O–H groups in total. The van der Waals surface area contributed by atoms with Crippen molar-refractivity contribution in [2.45, 2.75) is 52.2 Å². The van der Waals surface area contributed by atoms with Gasteiger partial charge in [0.1, 0.15) is 11.8 Å². The molecule has 1 atom stereocenters. The van der Waals surface area contributed by atoms with Gasteiger partial charge in [-0.05, 0) is 57.0 Å². The minimum absolute atomic E-state index is 0.0450. The van der Waals surface area contributed by atoms with Crippen molar-refractivity contribution in [1.82, 2.24) is 10.2 Å². The van der Waals surface area contributed by atoms with Gasteiger partial charge in [0.05, 0.1) is 19.1 Å². The zero-order valence-corrected chi connectivity index (χ0v) is 21.3. The van der Waals surface area contributed by atoms with Crippen molar-refractivity contribution in [2.75, 3.05) is 24.2 Å². The zero-order chi connectivity index (χ0) is 25.3. The average molecular weight is 490 g/mol. The van der Waals surface area contributed by atoms with Gasteiger partial charge in [-0.2, -0.15) is 0 Å². The Balaban J connectivity index is 2.13. The average Bonchev–Trinajstić information content (AvgIpc) is 2.79. The summed E-state index contributed by atoms with van der Waals surface area (Å²) in [5.41, 5.74) is 1.41. The van der Waals surface area contributed by atoms with Crippen molar-refractivity contribution in [3.05, 3.63) is 60.2 Å². The summed E-state index contributed by atoms with van der Waals surface area (Å²) in [5.74, 6) is 0.186. The van der Waals surface area contributed by atoms with E-state index in [-0.39, 0.29) is 30.8 Å². The Morgan fingerprint density at radius 2 is 1.62 bits per heavy atom. The maximum atomic E-state index is 13.2. The van der Waals surface area contributed by atoms with Crippen molar-refractivity contribution in [1.29, 1.82) is 0 Å². The topological polar surface area (TPSA) is 96.0 Å². The number of carbonyl (C=O) groups is 2. The van der Waals surface area contributed by atoms with Crippen LogP contribution in [0.4, 0.5) is 5.69 Å². The van der Waals surface area contributed by atoms with Crippen LogP contribution >= 0.6 is 0 Å². The molecule has 0 spiro atoms. The summed E-state index contributed by atoms with van der Waals surface area (Å²) in [4.78, 5) is 27.4. The van der Waals surface area contributed by atoms with Gasteiger partial charge in [-0.3, -0.25) is 13.9 Å². The van der Waals surface area contributed by atoms with E-state index < -0.39 is 16.1 Å². The number of nitrogens with zero attached hydrogens (tertiary/aromatic N) is 2. The molecule has 9 heteroatoms. The van der Waals surface area contributed by atoms with Gasteiger partial charge in [0.25, 0.3) is 0 Å². The lowest BCUT2D eigenvalue weighted by Crippen LogP contribution is -2.49. The van der Waals surface area contributed by atoms with E-state index in [1.54, 1.807) is 43.2 Å². The van der Waals surface area contributed by atoms with E-state index in [0.717, 1.165) is 11.8 Å². The molecule has 0 unspecified atom stereocenters. The Labute approximate surface area is 202 Å². The number of methoxy groups -OCH3 is 1. The van der Waals surface area contributed by atoms with Crippen molar-refractivity contribution in [3.63, 3.8) is 0 Å². The highest BCUT2D eigenvalue weighted by Gasteiger charge is 2.27. The third-order valence-electron chi connectivity index (χ3n) is 5.31. The van der Waals surface area contributed by atoms with E-state index in [2.05, 4.69) is 5.32 Å². The number of hydrogen-bond donors (Lipinski definition) is 1. The highest BCUT2D eigenvalue weighted by atomic mass is 32.2. The number of nitrogens with one attached hydrogen (secondary N) is 1. The summed E-state index contributed by atoms with van der Waals surface area (Å²) in [6, 6.07) is 15.5. The number of ether oxygens (including phenoxy) is 1. The number of hydrogen-bond acceptors (Lipinski definition) is 5. The third kappa shape index (κ3) is 8.06. The highest BCUT2D eigenvalue weighted by Crippen LogP contribution is 2.22. The van der Waals surface area contributed by atoms with Crippen molar-refractivity contribution < 1.29 is 22.7 Å². The van der Waals surface area contributed by atoms with Crippen LogP contribution in [0.1, 0.15) is 39.2 Å². The van der Waals surface area contributed by atoms with Crippen LogP contribution in [-0.4, -0.2) is 57.1 Å². The predicted octanol–water partition coefficient (Wildman–Crippen LogP) is 3.18. The first kappa shape index (κ1) is 27.2. The normalized spacial score (nSPS) is 12.2. The molecule has 2 aromatic carbocycles. The number of anilines is 1. The van der Waals surface area contributed by atoms with Crippen molar-refractivity contribution in [3.8, 4) is 5.75 Å². The highest BCUT2D eigenvalue weighted by molar-refractivity contribution is 7.92. The Hall–Kier alpha value is -3.07. The molecule has 0 aliphatic carbocycles. The molecule has 0 fully saturated rings. The second kappa shape index (κ2) is 12.4. The van der Waals surface area contributed by atoms with Gasteiger partial charge in [-0.25, -0.2) is 8.42 Å². The zero-order valence-electron chi connectivity index (χ0n) is 20.5. The van der Waals surface area contributed by atoms with E-state index in [1.165, 1.54) is 4.31 Å². The molecule has 0 aliphatic heterocycles. The largest absolute Gasteiger partial charge is 0.497 e. The van der Waals surface area contributed by atoms with Gasteiger partial charge < -0.3 is 15.0 Å². The molecule has 8 nitrogen and oxygen atoms in total. The first-order valence-electron chi connectivity index (χ1n) is 11.3. The molecule has 0 aromatic heterocycles. The van der Waals surface area contributed by atoms with Crippen molar-refractivity contribution in [2.24, 2.45) is 0 Å². The van der Waals surface area contributed by atoms with Crippen LogP contribution in [0, 0.1) is 0 Å². The molecule has 0 aliphatic rings. The quantitative estimate of drug-likeness (QED) is 0.494. The molecule has 0 saturated heterocycles. The molecule has 34 heavy (non-hydrogen) atoms. The molecule has 186 valence electrons. The third-order valence-corrected chi connectivity index (χ3v) is 6.50. The van der Waals surface area contributed by atoms with Gasteiger partial charge in [-0.1, -0.05) is 30.3 Å². The molecule has 2 aromatic rings. The Morgan fingerprint density at radius 1 is 1.00 bits per heavy atom. The summed E-state index contributed by atoms with van der Waals surface area (Å²) in [5, 5.41) is 2.86. The first-order valence-corrected chi connectivity index (χ1v) is 13.1. The smallest absolute Gasteiger partial charge is 0.242 e. The Bertz CT molecular complexity index is 1040. The Morgan fingerprint density at radius 3 is 2.15 bits per heavy atom. The van der Waals surface area contributed by atoms with Gasteiger partial charge in [0, 0.05) is 25.6 Å². The fourth-order valence-electron chi connectivity index (χ4n) is 3.52. The monoisotopic (exact) mass is 489 g/mol. The number of amides is 2. The number of sulfonamides is 1. The van der Waals surface area contributed by atoms with Gasteiger partial charge >= 0.3 is 0 Å². The van der Waals surface area contributed by atoms with Crippen LogP contribution in [0.5, 0.6) is 5.75 Å². The van der Waals surface area contributed by atoms with Gasteiger partial charge in [-0.15, -0.1) is 0 Å². The van der Waals surface area contributed by atoms with E-state index in [0.29, 0.717) is 24.4 Å². The van der Waals surface area contributed by atoms with Crippen LogP contribution in [0.15, 0.2) is 54.6 Å². The minimum atomic E-state index is -3.54. The molecule has 0 saturated carbocycles. The van der Waals surface area contributed by atoms with Gasteiger partial charge in [0.2, 0.25) is 21.8 Å². The van der Waals surface area contributed by atoms with E-state index >= 15 is 0 Å².